The van der Waals surface area contributed by atoms with Crippen LogP contribution >= 0.6 is 0 Å². The lowest BCUT2D eigenvalue weighted by Crippen LogP contribution is -2.48. The van der Waals surface area contributed by atoms with Gasteiger partial charge in [-0.1, -0.05) is 89.3 Å². The van der Waals surface area contributed by atoms with Gasteiger partial charge in [0.1, 0.15) is 0 Å². The van der Waals surface area contributed by atoms with Gasteiger partial charge < -0.3 is 0 Å². The van der Waals surface area contributed by atoms with Crippen LogP contribution in [0.3, 0.4) is 0 Å². The highest BCUT2D eigenvalue weighted by Crippen LogP contribution is 2.62. The lowest BCUT2D eigenvalue weighted by Gasteiger charge is -2.56. The fraction of sp³-hybridized carbons (Fsp3) is 0.786. The second kappa shape index (κ2) is 11.1. The summed E-state index contributed by atoms with van der Waals surface area (Å²) in [6, 6.07) is 0. The third-order valence-electron chi connectivity index (χ3n) is 7.80. The highest BCUT2D eigenvalue weighted by molar-refractivity contribution is 5.32. The third-order valence-corrected chi connectivity index (χ3v) is 7.80. The minimum absolute atomic E-state index is 0.000104. The normalized spacial score (nSPS) is 30.2. The summed E-state index contributed by atoms with van der Waals surface area (Å²) >= 11 is 0. The van der Waals surface area contributed by atoms with Crippen LogP contribution in [0, 0.1) is 23.2 Å². The van der Waals surface area contributed by atoms with Crippen molar-refractivity contribution in [2.24, 2.45) is 23.2 Å². The van der Waals surface area contributed by atoms with Crippen LogP contribution in [0.4, 0.5) is 8.78 Å². The molecule has 0 radical (unpaired) electrons. The van der Waals surface area contributed by atoms with Crippen molar-refractivity contribution >= 4 is 0 Å². The minimum Gasteiger partial charge on any atom is -0.206 e. The molecule has 1 saturated carbocycles. The molecule has 0 N–H and O–H groups in total. The second-order valence-corrected chi connectivity index (χ2v) is 10.3. The van der Waals surface area contributed by atoms with Crippen LogP contribution in [0.25, 0.3) is 0 Å². The van der Waals surface area contributed by atoms with Crippen molar-refractivity contribution in [3.63, 3.8) is 0 Å². The first-order valence-electron chi connectivity index (χ1n) is 12.6. The van der Waals surface area contributed by atoms with Gasteiger partial charge in [-0.25, -0.2) is 8.78 Å². The fourth-order valence-electron chi connectivity index (χ4n) is 6.31. The molecule has 2 aliphatic rings. The zero-order valence-electron chi connectivity index (χ0n) is 20.5. The van der Waals surface area contributed by atoms with Crippen LogP contribution in [-0.2, 0) is 0 Å². The standard InChI is InChI=1S/C28H46F2/c1-7-12-21(4)15-10-11-16-26(14-9-3)28(22(5)17-23(28)6)20-25-19-27(29,30)18-24(25)13-8-2/h10,14-15,21-23H,7-9,11-13,16-20H2,1-6H3/b15-10+,26-14-. The van der Waals surface area contributed by atoms with E-state index in [1.807, 2.05) is 0 Å². The molecule has 3 unspecified atom stereocenters. The average molecular weight is 421 g/mol. The Hall–Kier alpha value is -0.920. The molecule has 0 saturated heterocycles. The summed E-state index contributed by atoms with van der Waals surface area (Å²) in [7, 11) is 0. The predicted molar refractivity (Wildman–Crippen MR) is 127 cm³/mol. The van der Waals surface area contributed by atoms with Gasteiger partial charge in [0.2, 0.25) is 0 Å². The lowest BCUT2D eigenvalue weighted by molar-refractivity contribution is -0.00840. The van der Waals surface area contributed by atoms with E-state index in [0.717, 1.165) is 49.7 Å². The van der Waals surface area contributed by atoms with Crippen LogP contribution in [-0.4, -0.2) is 5.92 Å². The van der Waals surface area contributed by atoms with Crippen molar-refractivity contribution in [2.45, 2.75) is 118 Å². The van der Waals surface area contributed by atoms with E-state index in [4.69, 9.17) is 0 Å². The van der Waals surface area contributed by atoms with Gasteiger partial charge in [-0.2, -0.15) is 0 Å². The quantitative estimate of drug-likeness (QED) is 0.276. The molecule has 2 aliphatic carbocycles. The maximum absolute atomic E-state index is 14.3. The molecule has 30 heavy (non-hydrogen) atoms. The molecular formula is C28H46F2. The zero-order valence-corrected chi connectivity index (χ0v) is 20.5. The summed E-state index contributed by atoms with van der Waals surface area (Å²) in [5.41, 5.74) is 3.79. The Kier molecular flexibility index (Phi) is 9.37. The zero-order chi connectivity index (χ0) is 22.4. The number of halogens is 2. The molecule has 0 nitrogen and oxygen atoms in total. The Balaban J connectivity index is 2.23. The lowest BCUT2D eigenvalue weighted by atomic mass is 9.48. The predicted octanol–water partition coefficient (Wildman–Crippen LogP) is 9.67. The molecule has 0 spiro atoms. The molecule has 0 amide bonds. The van der Waals surface area contributed by atoms with Crippen molar-refractivity contribution in [2.75, 3.05) is 0 Å². The van der Waals surface area contributed by atoms with Gasteiger partial charge in [-0.15, -0.1) is 0 Å². The molecule has 2 rings (SSSR count). The second-order valence-electron chi connectivity index (χ2n) is 10.3. The Morgan fingerprint density at radius 3 is 2.30 bits per heavy atom. The fourth-order valence-corrected chi connectivity index (χ4v) is 6.31. The molecular weight excluding hydrogens is 374 g/mol. The number of alkyl halides is 2. The topological polar surface area (TPSA) is 0 Å². The van der Waals surface area contributed by atoms with Gasteiger partial charge in [0, 0.05) is 18.3 Å². The number of hydrogen-bond acceptors (Lipinski definition) is 0. The largest absolute Gasteiger partial charge is 0.255 e. The smallest absolute Gasteiger partial charge is 0.206 e. The van der Waals surface area contributed by atoms with Gasteiger partial charge in [-0.05, 0) is 62.7 Å². The van der Waals surface area contributed by atoms with E-state index in [0.29, 0.717) is 17.8 Å². The first-order chi connectivity index (χ1) is 14.2. The highest BCUT2D eigenvalue weighted by atomic mass is 19.3. The molecule has 0 heterocycles. The van der Waals surface area contributed by atoms with Crippen molar-refractivity contribution in [1.82, 2.24) is 0 Å². The summed E-state index contributed by atoms with van der Waals surface area (Å²) in [6.45, 7) is 13.6. The van der Waals surface area contributed by atoms with Crippen LogP contribution < -0.4 is 0 Å². The Morgan fingerprint density at radius 1 is 1.07 bits per heavy atom. The van der Waals surface area contributed by atoms with Gasteiger partial charge in [0.25, 0.3) is 5.92 Å². The monoisotopic (exact) mass is 420 g/mol. The average Bonchev–Trinajstić information content (AvgIpc) is 2.96. The number of hydrogen-bond donors (Lipinski definition) is 0. The summed E-state index contributed by atoms with van der Waals surface area (Å²) in [5.74, 6) is -0.716. The summed E-state index contributed by atoms with van der Waals surface area (Å²) in [6.07, 6.45) is 16.7. The molecule has 0 aromatic carbocycles. The Labute approximate surface area is 185 Å². The van der Waals surface area contributed by atoms with Crippen LogP contribution in [0.2, 0.25) is 0 Å². The van der Waals surface area contributed by atoms with Crippen molar-refractivity contribution in [1.29, 1.82) is 0 Å². The van der Waals surface area contributed by atoms with Crippen molar-refractivity contribution in [3.8, 4) is 0 Å². The van der Waals surface area contributed by atoms with E-state index in [1.165, 1.54) is 19.3 Å². The first-order valence-corrected chi connectivity index (χ1v) is 12.6. The van der Waals surface area contributed by atoms with E-state index < -0.39 is 5.92 Å². The van der Waals surface area contributed by atoms with Gasteiger partial charge in [0.15, 0.2) is 0 Å². The first kappa shape index (κ1) is 25.3. The number of rotatable bonds is 12. The molecule has 172 valence electrons. The highest BCUT2D eigenvalue weighted by Gasteiger charge is 2.53. The maximum atomic E-state index is 14.3. The van der Waals surface area contributed by atoms with E-state index >= 15 is 0 Å². The van der Waals surface area contributed by atoms with Crippen LogP contribution in [0.15, 0.2) is 34.9 Å². The van der Waals surface area contributed by atoms with Crippen molar-refractivity contribution < 1.29 is 8.78 Å². The molecule has 2 heteroatoms. The van der Waals surface area contributed by atoms with Crippen molar-refractivity contribution in [3.05, 3.63) is 34.9 Å². The minimum atomic E-state index is -2.52. The van der Waals surface area contributed by atoms with Crippen LogP contribution in [0.1, 0.15) is 112 Å². The van der Waals surface area contributed by atoms with E-state index in [9.17, 15) is 8.78 Å². The summed E-state index contributed by atoms with van der Waals surface area (Å²) in [4.78, 5) is 0. The molecule has 1 fully saturated rings. The Bertz CT molecular complexity index is 629. The van der Waals surface area contributed by atoms with E-state index in [1.54, 1.807) is 5.57 Å². The van der Waals surface area contributed by atoms with Gasteiger partial charge in [0.05, 0.1) is 0 Å². The molecule has 3 atom stereocenters. The molecule has 0 aliphatic heterocycles. The van der Waals surface area contributed by atoms with E-state index in [-0.39, 0.29) is 18.3 Å². The Morgan fingerprint density at radius 2 is 1.73 bits per heavy atom. The molecule has 0 bridgehead atoms. The SMILES string of the molecule is CC/C=C(/CC/C=C/C(C)CCC)C1(CC2=C(CCC)CC(F)(F)C2)C(C)CC1C. The number of allylic oxidation sites excluding steroid dienone is 6. The third kappa shape index (κ3) is 5.86. The van der Waals surface area contributed by atoms with E-state index in [2.05, 4.69) is 59.8 Å². The summed E-state index contributed by atoms with van der Waals surface area (Å²) < 4.78 is 28.7. The summed E-state index contributed by atoms with van der Waals surface area (Å²) in [5, 5.41) is 0. The maximum Gasteiger partial charge on any atom is 0.255 e. The molecule has 0 aromatic rings. The van der Waals surface area contributed by atoms with Gasteiger partial charge >= 0.3 is 0 Å². The molecule has 0 aromatic heterocycles. The van der Waals surface area contributed by atoms with Gasteiger partial charge in [-0.3, -0.25) is 0 Å². The van der Waals surface area contributed by atoms with Crippen LogP contribution in [0.5, 0.6) is 0 Å².